The molecule has 11 heteroatoms. The van der Waals surface area contributed by atoms with E-state index >= 15 is 0 Å². The fourth-order valence-electron chi connectivity index (χ4n) is 4.35. The zero-order valence-corrected chi connectivity index (χ0v) is 20.2. The van der Waals surface area contributed by atoms with Crippen molar-refractivity contribution in [1.82, 2.24) is 0 Å². The van der Waals surface area contributed by atoms with E-state index in [0.717, 1.165) is 25.7 Å². The number of unbranched alkanes of at least 4 members (excludes halogenated alkanes) is 6. The normalized spacial score (nSPS) is 39.8. The molecule has 2 aliphatic heterocycles. The maximum Gasteiger partial charge on any atom is 0.187 e. The molecule has 2 rings (SSSR count). The highest BCUT2D eigenvalue weighted by atomic mass is 16.7. The maximum atomic E-state index is 10.7. The first kappa shape index (κ1) is 29.8. The van der Waals surface area contributed by atoms with Gasteiger partial charge in [-0.3, -0.25) is 0 Å². The Morgan fingerprint density at radius 2 is 1.24 bits per heavy atom. The summed E-state index contributed by atoms with van der Waals surface area (Å²) in [4.78, 5) is 0. The van der Waals surface area contributed by atoms with Crippen molar-refractivity contribution in [1.29, 1.82) is 0 Å². The molecule has 2 aliphatic rings. The van der Waals surface area contributed by atoms with Gasteiger partial charge in [0.2, 0.25) is 0 Å². The lowest BCUT2D eigenvalue weighted by molar-refractivity contribution is -0.362. The molecule has 0 saturated carbocycles. The average molecular weight is 497 g/mol. The van der Waals surface area contributed by atoms with E-state index in [1.54, 1.807) is 0 Å². The second kappa shape index (κ2) is 15.0. The van der Waals surface area contributed by atoms with Crippen molar-refractivity contribution in [2.75, 3.05) is 13.2 Å². The zero-order chi connectivity index (χ0) is 25.3. The molecule has 34 heavy (non-hydrogen) atoms. The summed E-state index contributed by atoms with van der Waals surface area (Å²) < 4.78 is 22.3. The Morgan fingerprint density at radius 3 is 1.85 bits per heavy atom. The fourth-order valence-corrected chi connectivity index (χ4v) is 4.35. The second-order valence-electron chi connectivity index (χ2n) is 9.36. The summed E-state index contributed by atoms with van der Waals surface area (Å²) in [6, 6.07) is 0. The molecule has 7 N–H and O–H groups in total. The van der Waals surface area contributed by atoms with Crippen LogP contribution in [-0.4, -0.2) is 116 Å². The predicted molar refractivity (Wildman–Crippen MR) is 120 cm³/mol. The molecule has 2 heterocycles. The van der Waals surface area contributed by atoms with E-state index in [2.05, 4.69) is 6.92 Å². The molecular formula is C23H44O11. The van der Waals surface area contributed by atoms with Crippen LogP contribution in [0.3, 0.4) is 0 Å². The molecule has 0 aliphatic carbocycles. The van der Waals surface area contributed by atoms with Gasteiger partial charge < -0.3 is 54.7 Å². The van der Waals surface area contributed by atoms with Crippen molar-refractivity contribution in [2.24, 2.45) is 0 Å². The van der Waals surface area contributed by atoms with Crippen molar-refractivity contribution >= 4 is 0 Å². The summed E-state index contributed by atoms with van der Waals surface area (Å²) in [5.41, 5.74) is 0. The van der Waals surface area contributed by atoms with E-state index in [4.69, 9.17) is 18.9 Å². The smallest absolute Gasteiger partial charge is 0.187 e. The van der Waals surface area contributed by atoms with Gasteiger partial charge in [0, 0.05) is 0 Å². The molecule has 2 fully saturated rings. The lowest BCUT2D eigenvalue weighted by Gasteiger charge is -2.46. The first-order valence-electron chi connectivity index (χ1n) is 12.5. The Kier molecular flexibility index (Phi) is 13.1. The average Bonchev–Trinajstić information content (AvgIpc) is 2.83. The summed E-state index contributed by atoms with van der Waals surface area (Å²) in [5, 5.41) is 70.3. The Bertz CT molecular complexity index is 549. The molecule has 0 radical (unpaired) electrons. The van der Waals surface area contributed by atoms with Crippen molar-refractivity contribution in [3.63, 3.8) is 0 Å². The van der Waals surface area contributed by atoms with Gasteiger partial charge >= 0.3 is 0 Å². The first-order chi connectivity index (χ1) is 16.2. The number of rotatable bonds is 14. The van der Waals surface area contributed by atoms with E-state index in [9.17, 15) is 35.7 Å². The van der Waals surface area contributed by atoms with Gasteiger partial charge in [-0.2, -0.15) is 0 Å². The molecule has 202 valence electrons. The van der Waals surface area contributed by atoms with Crippen LogP contribution >= 0.6 is 0 Å². The number of ether oxygens (including phenoxy) is 4. The number of aliphatic hydroxyl groups is 7. The summed E-state index contributed by atoms with van der Waals surface area (Å²) in [5.74, 6) is 0. The van der Waals surface area contributed by atoms with Gasteiger partial charge in [0.25, 0.3) is 0 Å². The van der Waals surface area contributed by atoms with E-state index in [-0.39, 0.29) is 6.10 Å². The predicted octanol–water partition coefficient (Wildman–Crippen LogP) is -0.844. The maximum absolute atomic E-state index is 10.7. The minimum Gasteiger partial charge on any atom is -0.394 e. The summed E-state index contributed by atoms with van der Waals surface area (Å²) in [7, 11) is 0. The van der Waals surface area contributed by atoms with E-state index in [1.165, 1.54) is 25.7 Å². The Hall–Kier alpha value is -0.440. The Morgan fingerprint density at radius 1 is 0.676 bits per heavy atom. The van der Waals surface area contributed by atoms with Crippen LogP contribution in [0.15, 0.2) is 0 Å². The largest absolute Gasteiger partial charge is 0.394 e. The molecule has 11 nitrogen and oxygen atoms in total. The number of hydrogen-bond acceptors (Lipinski definition) is 11. The minimum atomic E-state index is -1.70. The standard InChI is InChI=1S/C23H44O11/c1-3-4-5-6-7-8-9-10-13(2)31-22-20(30)18(28)21(15(12-25)33-22)34-23-19(29)17(27)16(26)14(11-24)32-23/h13-30H,3-12H2,1-2H3. The third-order valence-corrected chi connectivity index (χ3v) is 6.54. The number of hydrogen-bond donors (Lipinski definition) is 7. The van der Waals surface area contributed by atoms with E-state index in [1.807, 2.05) is 6.92 Å². The molecule has 2 saturated heterocycles. The SMILES string of the molecule is CCCCCCCCCC(C)OC1OC(CO)C(OC2OC(CO)C(O)C(O)C2O)C(O)C1O. The van der Waals surface area contributed by atoms with Crippen molar-refractivity contribution in [3.05, 3.63) is 0 Å². The topological polar surface area (TPSA) is 179 Å². The summed E-state index contributed by atoms with van der Waals surface area (Å²) >= 11 is 0. The number of aliphatic hydroxyl groups excluding tert-OH is 7. The molecule has 0 aromatic carbocycles. The van der Waals surface area contributed by atoms with Crippen LogP contribution in [0.2, 0.25) is 0 Å². The summed E-state index contributed by atoms with van der Waals surface area (Å²) in [6.07, 6.45) is -5.75. The van der Waals surface area contributed by atoms with Crippen molar-refractivity contribution in [2.45, 2.75) is 133 Å². The zero-order valence-electron chi connectivity index (χ0n) is 20.2. The third-order valence-electron chi connectivity index (χ3n) is 6.54. The van der Waals surface area contributed by atoms with Gasteiger partial charge in [-0.1, -0.05) is 51.9 Å². The van der Waals surface area contributed by atoms with Crippen LogP contribution in [0, 0.1) is 0 Å². The molecule has 0 aromatic rings. The third kappa shape index (κ3) is 8.04. The summed E-state index contributed by atoms with van der Waals surface area (Å²) in [6.45, 7) is 2.80. The molecule has 0 spiro atoms. The highest BCUT2D eigenvalue weighted by Gasteiger charge is 2.50. The van der Waals surface area contributed by atoms with Crippen LogP contribution in [0.25, 0.3) is 0 Å². The van der Waals surface area contributed by atoms with Crippen LogP contribution in [0.1, 0.15) is 65.2 Å². The second-order valence-corrected chi connectivity index (χ2v) is 9.36. The molecule has 11 atom stereocenters. The highest BCUT2D eigenvalue weighted by Crippen LogP contribution is 2.30. The van der Waals surface area contributed by atoms with Gasteiger partial charge in [-0.05, 0) is 13.3 Å². The van der Waals surface area contributed by atoms with Crippen LogP contribution in [0.4, 0.5) is 0 Å². The Balaban J connectivity index is 1.87. The fraction of sp³-hybridized carbons (Fsp3) is 1.00. The highest BCUT2D eigenvalue weighted by molar-refractivity contribution is 4.94. The van der Waals surface area contributed by atoms with Crippen molar-refractivity contribution < 1.29 is 54.7 Å². The van der Waals surface area contributed by atoms with E-state index < -0.39 is 74.6 Å². The van der Waals surface area contributed by atoms with Crippen LogP contribution < -0.4 is 0 Å². The minimum absolute atomic E-state index is 0.246. The quantitative estimate of drug-likeness (QED) is 0.149. The first-order valence-corrected chi connectivity index (χ1v) is 12.5. The lowest BCUT2D eigenvalue weighted by atomic mass is 9.97. The Labute approximate surface area is 201 Å². The van der Waals surface area contributed by atoms with Gasteiger partial charge in [-0.15, -0.1) is 0 Å². The molecule has 11 unspecified atom stereocenters. The molecular weight excluding hydrogens is 452 g/mol. The lowest BCUT2D eigenvalue weighted by Crippen LogP contribution is -2.64. The monoisotopic (exact) mass is 496 g/mol. The van der Waals surface area contributed by atoms with Crippen LogP contribution in [-0.2, 0) is 18.9 Å². The van der Waals surface area contributed by atoms with Crippen molar-refractivity contribution in [3.8, 4) is 0 Å². The van der Waals surface area contributed by atoms with Gasteiger partial charge in [0.15, 0.2) is 12.6 Å². The molecule has 0 aromatic heterocycles. The molecule has 0 amide bonds. The van der Waals surface area contributed by atoms with E-state index in [0.29, 0.717) is 0 Å². The molecule has 0 bridgehead atoms. The van der Waals surface area contributed by atoms with Gasteiger partial charge in [0.05, 0.1) is 19.3 Å². The van der Waals surface area contributed by atoms with Gasteiger partial charge in [0.1, 0.15) is 48.8 Å². The van der Waals surface area contributed by atoms with Crippen LogP contribution in [0.5, 0.6) is 0 Å². The van der Waals surface area contributed by atoms with Gasteiger partial charge in [-0.25, -0.2) is 0 Å².